The van der Waals surface area contributed by atoms with Crippen LogP contribution in [0.3, 0.4) is 0 Å². The first-order valence-electron chi connectivity index (χ1n) is 5.12. The normalized spacial score (nSPS) is 21.7. The molecule has 15 heavy (non-hydrogen) atoms. The molecule has 3 nitrogen and oxygen atoms in total. The molecule has 0 aromatic carbocycles. The average molecular weight is 244 g/mol. The Bertz CT molecular complexity index is 316. The summed E-state index contributed by atoms with van der Waals surface area (Å²) in [5, 5.41) is 2.06. The molecule has 1 unspecified atom stereocenters. The molecule has 1 fully saturated rings. The summed E-state index contributed by atoms with van der Waals surface area (Å²) in [6.45, 7) is 2.73. The van der Waals surface area contributed by atoms with Gasteiger partial charge in [-0.2, -0.15) is 0 Å². The summed E-state index contributed by atoms with van der Waals surface area (Å²) in [7, 11) is -0.592. The first kappa shape index (κ1) is 11.3. The molecule has 0 bridgehead atoms. The molecule has 0 aliphatic carbocycles. The molecule has 2 rings (SSSR count). The topological polar surface area (TPSA) is 46.3 Å². The van der Waals surface area contributed by atoms with E-state index in [4.69, 9.17) is 5.73 Å². The van der Waals surface area contributed by atoms with Crippen LogP contribution in [0.2, 0.25) is 0 Å². The molecule has 2 heterocycles. The van der Waals surface area contributed by atoms with Crippen LogP contribution in [0.25, 0.3) is 0 Å². The highest BCUT2D eigenvalue weighted by atomic mass is 32.2. The van der Waals surface area contributed by atoms with E-state index in [2.05, 4.69) is 16.3 Å². The van der Waals surface area contributed by atoms with Crippen LogP contribution >= 0.6 is 11.3 Å². The first-order chi connectivity index (χ1) is 7.25. The molecule has 1 aliphatic rings. The molecule has 1 aliphatic heterocycles. The molecule has 0 amide bonds. The molecule has 0 spiro atoms. The van der Waals surface area contributed by atoms with Crippen molar-refractivity contribution >= 4 is 22.1 Å². The van der Waals surface area contributed by atoms with E-state index in [1.807, 2.05) is 6.07 Å². The summed E-state index contributed by atoms with van der Waals surface area (Å²) in [6, 6.07) is 4.22. The fraction of sp³-hybridized carbons (Fsp3) is 0.600. The van der Waals surface area contributed by atoms with Gasteiger partial charge in [-0.3, -0.25) is 9.11 Å². The van der Waals surface area contributed by atoms with E-state index in [0.29, 0.717) is 0 Å². The molecule has 1 saturated heterocycles. The lowest BCUT2D eigenvalue weighted by atomic mass is 10.2. The standard InChI is InChI=1S/C10H16N2OS2/c11-9(10-2-1-5-14-10)8-12-3-6-15(13)7-4-12/h1-2,5,9H,3-4,6-8,11H2. The zero-order valence-electron chi connectivity index (χ0n) is 8.59. The average Bonchev–Trinajstić information content (AvgIpc) is 2.74. The lowest BCUT2D eigenvalue weighted by Gasteiger charge is -2.28. The maximum absolute atomic E-state index is 11.2. The minimum atomic E-state index is -0.592. The minimum Gasteiger partial charge on any atom is -0.322 e. The second kappa shape index (κ2) is 5.21. The van der Waals surface area contributed by atoms with E-state index in [-0.39, 0.29) is 6.04 Å². The lowest BCUT2D eigenvalue weighted by molar-refractivity contribution is 0.282. The third kappa shape index (κ3) is 3.11. The monoisotopic (exact) mass is 244 g/mol. The third-order valence-electron chi connectivity index (χ3n) is 2.63. The summed E-state index contributed by atoms with van der Waals surface area (Å²) in [5.41, 5.74) is 6.10. The Labute approximate surface area is 96.7 Å². The van der Waals surface area contributed by atoms with Crippen LogP contribution in [-0.4, -0.2) is 40.2 Å². The second-order valence-electron chi connectivity index (χ2n) is 3.77. The van der Waals surface area contributed by atoms with Gasteiger partial charge in [-0.1, -0.05) is 6.07 Å². The summed E-state index contributed by atoms with van der Waals surface area (Å²) >= 11 is 1.71. The number of nitrogens with zero attached hydrogens (tertiary/aromatic N) is 1. The van der Waals surface area contributed by atoms with Gasteiger partial charge in [-0.05, 0) is 11.4 Å². The van der Waals surface area contributed by atoms with Gasteiger partial charge in [0.1, 0.15) is 0 Å². The maximum Gasteiger partial charge on any atom is 0.0519 e. The largest absolute Gasteiger partial charge is 0.322 e. The van der Waals surface area contributed by atoms with Crippen LogP contribution in [0, 0.1) is 0 Å². The zero-order chi connectivity index (χ0) is 10.7. The summed E-state index contributed by atoms with van der Waals surface area (Å²) in [4.78, 5) is 3.55. The van der Waals surface area contributed by atoms with Gasteiger partial charge in [-0.25, -0.2) is 0 Å². The van der Waals surface area contributed by atoms with Crippen LogP contribution in [0.15, 0.2) is 17.5 Å². The van der Waals surface area contributed by atoms with E-state index in [1.54, 1.807) is 11.3 Å². The fourth-order valence-corrected chi connectivity index (χ4v) is 3.58. The minimum absolute atomic E-state index is 0.108. The van der Waals surface area contributed by atoms with Gasteiger partial charge in [0, 0.05) is 46.8 Å². The van der Waals surface area contributed by atoms with Crippen LogP contribution in [0.5, 0.6) is 0 Å². The predicted molar refractivity (Wildman–Crippen MR) is 65.6 cm³/mol. The molecular formula is C10H16N2OS2. The highest BCUT2D eigenvalue weighted by molar-refractivity contribution is 7.85. The number of nitrogens with two attached hydrogens (primary N) is 1. The van der Waals surface area contributed by atoms with Gasteiger partial charge >= 0.3 is 0 Å². The van der Waals surface area contributed by atoms with Crippen LogP contribution in [-0.2, 0) is 10.8 Å². The quantitative estimate of drug-likeness (QED) is 0.856. The van der Waals surface area contributed by atoms with Gasteiger partial charge in [0.05, 0.1) is 6.04 Å². The summed E-state index contributed by atoms with van der Waals surface area (Å²) in [5.74, 6) is 1.61. The molecular weight excluding hydrogens is 228 g/mol. The smallest absolute Gasteiger partial charge is 0.0519 e. The molecule has 1 aromatic heterocycles. The molecule has 0 saturated carbocycles. The number of hydrogen-bond donors (Lipinski definition) is 1. The summed E-state index contributed by atoms with van der Waals surface area (Å²) in [6.07, 6.45) is 0. The van der Waals surface area contributed by atoms with Crippen molar-refractivity contribution < 1.29 is 4.21 Å². The van der Waals surface area contributed by atoms with Crippen molar-refractivity contribution in [2.75, 3.05) is 31.1 Å². The van der Waals surface area contributed by atoms with Gasteiger partial charge in [0.15, 0.2) is 0 Å². The van der Waals surface area contributed by atoms with Crippen molar-refractivity contribution in [2.45, 2.75) is 6.04 Å². The molecule has 5 heteroatoms. The van der Waals surface area contributed by atoms with Gasteiger partial charge < -0.3 is 5.73 Å². The summed E-state index contributed by atoms with van der Waals surface area (Å²) < 4.78 is 11.2. The Morgan fingerprint density at radius 3 is 2.87 bits per heavy atom. The van der Waals surface area contributed by atoms with Crippen molar-refractivity contribution in [3.8, 4) is 0 Å². The highest BCUT2D eigenvalue weighted by Crippen LogP contribution is 2.18. The molecule has 1 atom stereocenters. The molecule has 2 N–H and O–H groups in total. The lowest BCUT2D eigenvalue weighted by Crippen LogP contribution is -2.41. The molecule has 0 radical (unpaired) electrons. The van der Waals surface area contributed by atoms with Gasteiger partial charge in [0.25, 0.3) is 0 Å². The van der Waals surface area contributed by atoms with Crippen LogP contribution in [0.1, 0.15) is 10.9 Å². The number of rotatable bonds is 3. The van der Waals surface area contributed by atoms with Gasteiger partial charge in [-0.15, -0.1) is 11.3 Å². The Morgan fingerprint density at radius 2 is 2.27 bits per heavy atom. The molecule has 84 valence electrons. The molecule has 1 aromatic rings. The van der Waals surface area contributed by atoms with E-state index < -0.39 is 10.8 Å². The van der Waals surface area contributed by atoms with Crippen molar-refractivity contribution in [3.05, 3.63) is 22.4 Å². The zero-order valence-corrected chi connectivity index (χ0v) is 10.2. The van der Waals surface area contributed by atoms with E-state index >= 15 is 0 Å². The van der Waals surface area contributed by atoms with E-state index in [1.165, 1.54) is 4.88 Å². The maximum atomic E-state index is 11.2. The van der Waals surface area contributed by atoms with Crippen molar-refractivity contribution in [1.29, 1.82) is 0 Å². The predicted octanol–water partition coefficient (Wildman–Crippen LogP) is 0.812. The Balaban J connectivity index is 1.84. The van der Waals surface area contributed by atoms with Crippen LogP contribution < -0.4 is 5.73 Å². The Kier molecular flexibility index (Phi) is 3.91. The Hall–Kier alpha value is -0.230. The van der Waals surface area contributed by atoms with Crippen LogP contribution in [0.4, 0.5) is 0 Å². The first-order valence-corrected chi connectivity index (χ1v) is 7.49. The van der Waals surface area contributed by atoms with E-state index in [9.17, 15) is 4.21 Å². The van der Waals surface area contributed by atoms with E-state index in [0.717, 1.165) is 31.1 Å². The number of hydrogen-bond acceptors (Lipinski definition) is 4. The van der Waals surface area contributed by atoms with Crippen molar-refractivity contribution in [1.82, 2.24) is 4.90 Å². The SMILES string of the molecule is NC(CN1CCS(=O)CC1)c1cccs1. The third-order valence-corrected chi connectivity index (χ3v) is 4.91. The highest BCUT2D eigenvalue weighted by Gasteiger charge is 2.18. The fourth-order valence-electron chi connectivity index (χ4n) is 1.73. The van der Waals surface area contributed by atoms with Gasteiger partial charge in [0.2, 0.25) is 0 Å². The van der Waals surface area contributed by atoms with Crippen molar-refractivity contribution in [2.24, 2.45) is 5.73 Å². The second-order valence-corrected chi connectivity index (χ2v) is 6.45. The number of thiophene rings is 1. The Morgan fingerprint density at radius 1 is 1.53 bits per heavy atom. The van der Waals surface area contributed by atoms with Crippen molar-refractivity contribution in [3.63, 3.8) is 0 Å².